The van der Waals surface area contributed by atoms with Crippen molar-refractivity contribution < 1.29 is 16.8 Å². The summed E-state index contributed by atoms with van der Waals surface area (Å²) in [5.41, 5.74) is 0. The Morgan fingerprint density at radius 3 is 0.833 bits per heavy atom. The van der Waals surface area contributed by atoms with Crippen LogP contribution < -0.4 is 0 Å². The summed E-state index contributed by atoms with van der Waals surface area (Å²) in [7, 11) is 0. The van der Waals surface area contributed by atoms with E-state index in [4.69, 9.17) is 23.7 Å². The van der Waals surface area contributed by atoms with Crippen molar-refractivity contribution in [3.05, 3.63) is 13.1 Å². The molecule has 0 aliphatic carbocycles. The molecule has 0 heterocycles. The first-order chi connectivity index (χ1) is 2.00. The zero-order valence-electron chi connectivity index (χ0n) is 3.23. The molecule has 0 amide bonds. The summed E-state index contributed by atoms with van der Waals surface area (Å²) in [6, 6.07) is 0. The summed E-state index contributed by atoms with van der Waals surface area (Å²) in [6.45, 7) is 9.50. The van der Waals surface area contributed by atoms with Crippen molar-refractivity contribution in [3.63, 3.8) is 0 Å². The number of rotatable bonds is 0. The normalized spacial score (nSPS) is 0.667. The SMILES string of the molecule is [C-]#N.[C-]#N.[Co+2].[Na]. The fourth-order valence-corrected chi connectivity index (χ4v) is 0. The second-order valence-corrected chi connectivity index (χ2v) is 0. The molecule has 0 spiro atoms. The van der Waals surface area contributed by atoms with E-state index in [1.54, 1.807) is 0 Å². The first-order valence-electron chi connectivity index (χ1n) is 0.447. The number of hydrogen-bond donors (Lipinski definition) is 0. The van der Waals surface area contributed by atoms with E-state index < -0.39 is 0 Å². The van der Waals surface area contributed by atoms with E-state index >= 15 is 0 Å². The molecule has 2 radical (unpaired) electrons. The molecule has 0 rings (SSSR count). The molecule has 6 heavy (non-hydrogen) atoms. The third-order valence-corrected chi connectivity index (χ3v) is 0. The van der Waals surface area contributed by atoms with Gasteiger partial charge in [-0.1, -0.05) is 0 Å². The largest absolute Gasteiger partial charge is 2.00 e. The van der Waals surface area contributed by atoms with Crippen LogP contribution >= 0.6 is 0 Å². The maximum Gasteiger partial charge on any atom is 2.00 e. The van der Waals surface area contributed by atoms with Crippen LogP contribution in [0.4, 0.5) is 0 Å². The van der Waals surface area contributed by atoms with Crippen molar-refractivity contribution in [3.8, 4) is 0 Å². The maximum absolute atomic E-state index is 6.25. The molecule has 0 aromatic heterocycles. The minimum Gasteiger partial charge on any atom is -0.512 e. The predicted octanol–water partition coefficient (Wildman–Crippen LogP) is -0.191. The van der Waals surface area contributed by atoms with Gasteiger partial charge in [-0.05, 0) is 0 Å². The molecule has 0 aliphatic heterocycles. The van der Waals surface area contributed by atoms with Gasteiger partial charge in [0.05, 0.1) is 0 Å². The van der Waals surface area contributed by atoms with Gasteiger partial charge in [-0.25, -0.2) is 0 Å². The average molecular weight is 134 g/mol. The standard InChI is InChI=1S/2CN.Co.Na/c2*1-2;;/q2*-1;+2;. The zero-order chi connectivity index (χ0) is 4.00. The van der Waals surface area contributed by atoms with Crippen LogP contribution in [-0.2, 0) is 16.8 Å². The summed E-state index contributed by atoms with van der Waals surface area (Å²) in [5.74, 6) is 0. The minimum absolute atomic E-state index is 0. The quantitative estimate of drug-likeness (QED) is 0.340. The fourth-order valence-electron chi connectivity index (χ4n) is 0. The second kappa shape index (κ2) is 467. The molecule has 0 saturated heterocycles. The monoisotopic (exact) mass is 134 g/mol. The van der Waals surface area contributed by atoms with Crippen LogP contribution in [0.1, 0.15) is 0 Å². The van der Waals surface area contributed by atoms with E-state index in [1.807, 2.05) is 0 Å². The Morgan fingerprint density at radius 1 is 0.833 bits per heavy atom. The summed E-state index contributed by atoms with van der Waals surface area (Å²) in [5, 5.41) is 12.5. The van der Waals surface area contributed by atoms with Crippen molar-refractivity contribution in [2.24, 2.45) is 0 Å². The molecule has 0 fully saturated rings. The Morgan fingerprint density at radius 2 is 0.833 bits per heavy atom. The minimum atomic E-state index is 0. The summed E-state index contributed by atoms with van der Waals surface area (Å²) < 4.78 is 0. The molecule has 0 bridgehead atoms. The first kappa shape index (κ1) is 31.6. The van der Waals surface area contributed by atoms with Crippen molar-refractivity contribution in [2.75, 3.05) is 0 Å². The van der Waals surface area contributed by atoms with Gasteiger partial charge in [0.15, 0.2) is 0 Å². The Labute approximate surface area is 69.6 Å². The predicted molar refractivity (Wildman–Crippen MR) is 15.7 cm³/mol. The third-order valence-electron chi connectivity index (χ3n) is 0. The van der Waals surface area contributed by atoms with Gasteiger partial charge in [0.25, 0.3) is 0 Å². The van der Waals surface area contributed by atoms with Crippen LogP contribution in [0.5, 0.6) is 0 Å². The molecule has 0 aliphatic rings. The molecule has 0 saturated carbocycles. The molecule has 2 nitrogen and oxygen atoms in total. The van der Waals surface area contributed by atoms with Gasteiger partial charge < -0.3 is 23.7 Å². The van der Waals surface area contributed by atoms with E-state index in [0.29, 0.717) is 0 Å². The Hall–Kier alpha value is 0.486. The van der Waals surface area contributed by atoms with Gasteiger partial charge in [-0.2, -0.15) is 0 Å². The van der Waals surface area contributed by atoms with Crippen molar-refractivity contribution in [2.45, 2.75) is 0 Å². The van der Waals surface area contributed by atoms with Crippen LogP contribution in [0.15, 0.2) is 0 Å². The molecule has 4 heteroatoms. The van der Waals surface area contributed by atoms with Crippen LogP contribution in [0.2, 0.25) is 0 Å². The van der Waals surface area contributed by atoms with E-state index in [0.717, 1.165) is 0 Å². The van der Waals surface area contributed by atoms with Gasteiger partial charge in [-0.15, -0.1) is 0 Å². The van der Waals surface area contributed by atoms with Crippen LogP contribution in [0.3, 0.4) is 0 Å². The first-order valence-corrected chi connectivity index (χ1v) is 0.447. The third kappa shape index (κ3) is 230. The molecule has 0 aromatic carbocycles. The van der Waals surface area contributed by atoms with E-state index in [9.17, 15) is 0 Å². The molecule has 0 atom stereocenters. The smallest absolute Gasteiger partial charge is 0.512 e. The number of hydrogen-bond acceptors (Lipinski definition) is 2. The van der Waals surface area contributed by atoms with Crippen LogP contribution in [-0.4, -0.2) is 29.6 Å². The topological polar surface area (TPSA) is 47.6 Å². The maximum atomic E-state index is 6.25. The van der Waals surface area contributed by atoms with Crippen molar-refractivity contribution in [1.82, 2.24) is 0 Å². The Balaban J connectivity index is -0.00000000500. The van der Waals surface area contributed by atoms with Gasteiger partial charge >= 0.3 is 16.8 Å². The Kier molecular flexibility index (Phi) is 2460. The van der Waals surface area contributed by atoms with Gasteiger partial charge in [-0.3, -0.25) is 0 Å². The van der Waals surface area contributed by atoms with Crippen molar-refractivity contribution >= 4 is 29.6 Å². The van der Waals surface area contributed by atoms with Crippen LogP contribution in [0.25, 0.3) is 0 Å². The number of nitrogens with zero attached hydrogens (tertiary/aromatic N) is 2. The van der Waals surface area contributed by atoms with Gasteiger partial charge in [0, 0.05) is 29.6 Å². The van der Waals surface area contributed by atoms with Crippen molar-refractivity contribution in [1.29, 1.82) is 10.5 Å². The molecular weight excluding hydrogens is 134 g/mol. The van der Waals surface area contributed by atoms with Gasteiger partial charge in [0.1, 0.15) is 0 Å². The summed E-state index contributed by atoms with van der Waals surface area (Å²) >= 11 is 0. The van der Waals surface area contributed by atoms with E-state index in [-0.39, 0.29) is 46.3 Å². The second-order valence-electron chi connectivity index (χ2n) is 0. The molecular formula is C2CoN2Na. The van der Waals surface area contributed by atoms with Gasteiger partial charge in [0.2, 0.25) is 0 Å². The van der Waals surface area contributed by atoms with E-state index in [1.165, 1.54) is 0 Å². The van der Waals surface area contributed by atoms with E-state index in [2.05, 4.69) is 0 Å². The van der Waals surface area contributed by atoms with Crippen LogP contribution in [0, 0.1) is 23.7 Å². The molecule has 0 N–H and O–H groups in total. The summed E-state index contributed by atoms with van der Waals surface area (Å²) in [4.78, 5) is 0. The zero-order valence-corrected chi connectivity index (χ0v) is 6.27. The molecule has 0 unspecified atom stereocenters. The fraction of sp³-hybridized carbons (Fsp3) is 0. The Bertz CT molecular complexity index is 27.0. The summed E-state index contributed by atoms with van der Waals surface area (Å²) in [6.07, 6.45) is 0. The molecule has 28 valence electrons. The molecule has 0 aromatic rings. The average Bonchev–Trinajstić information content (AvgIpc) is 1.50.